The van der Waals surface area contributed by atoms with Gasteiger partial charge in [-0.2, -0.15) is 0 Å². The van der Waals surface area contributed by atoms with Crippen molar-refractivity contribution in [2.75, 3.05) is 32.5 Å². The Hall–Kier alpha value is -4.10. The number of likely N-dealkylation sites (N-methyl/N-ethyl adjacent to an activating group) is 1. The van der Waals surface area contributed by atoms with Crippen molar-refractivity contribution < 1.29 is 0 Å². The molecule has 166 valence electrons. The molecule has 0 aliphatic rings. The highest BCUT2D eigenvalue weighted by Crippen LogP contribution is 2.27. The molecule has 3 N–H and O–H groups in total. The molecular formula is C26H27N7. The van der Waals surface area contributed by atoms with Gasteiger partial charge in [0.15, 0.2) is 0 Å². The van der Waals surface area contributed by atoms with Crippen LogP contribution in [-0.2, 0) is 0 Å². The Morgan fingerprint density at radius 1 is 1.03 bits per heavy atom. The van der Waals surface area contributed by atoms with Crippen LogP contribution in [0.4, 0.5) is 11.5 Å². The van der Waals surface area contributed by atoms with Gasteiger partial charge in [-0.05, 0) is 43.9 Å². The van der Waals surface area contributed by atoms with Crippen LogP contribution in [0.5, 0.6) is 0 Å². The maximum atomic E-state index is 5.87. The number of hydrogen-bond donors (Lipinski definition) is 2. The van der Waals surface area contributed by atoms with Gasteiger partial charge in [0.05, 0.1) is 17.8 Å². The zero-order valence-corrected chi connectivity index (χ0v) is 18.8. The lowest BCUT2D eigenvalue weighted by Crippen LogP contribution is -2.15. The molecule has 0 saturated carbocycles. The molecule has 7 heteroatoms. The second kappa shape index (κ2) is 10.5. The number of nitrogens with zero attached hydrogens (tertiary/aromatic N) is 5. The first-order valence-corrected chi connectivity index (χ1v) is 10.7. The molecule has 2 heterocycles. The number of nitrogens with one attached hydrogen (secondary N) is 1. The van der Waals surface area contributed by atoms with Crippen molar-refractivity contribution in [3.8, 4) is 11.3 Å². The molecule has 0 bridgehead atoms. The molecule has 0 saturated heterocycles. The van der Waals surface area contributed by atoms with Crippen molar-refractivity contribution in [3.63, 3.8) is 0 Å². The molecule has 4 aromatic rings. The lowest BCUT2D eigenvalue weighted by atomic mass is 10.1. The molecule has 0 amide bonds. The number of aromatic nitrogens is 3. The SMILES string of the molecule is CN(C)CCN=CC(=CN)c1ccc2c(Nc3ccnc(-c4ccccc4)c3)ncnc2c1. The number of anilines is 2. The van der Waals surface area contributed by atoms with E-state index in [2.05, 4.69) is 30.2 Å². The van der Waals surface area contributed by atoms with Crippen LogP contribution in [0, 0.1) is 0 Å². The first-order chi connectivity index (χ1) is 16.1. The molecule has 2 aromatic heterocycles. The van der Waals surface area contributed by atoms with Gasteiger partial charge in [0, 0.05) is 47.4 Å². The normalized spacial score (nSPS) is 12.0. The maximum absolute atomic E-state index is 5.87. The van der Waals surface area contributed by atoms with E-state index in [-0.39, 0.29) is 0 Å². The molecule has 0 unspecified atom stereocenters. The van der Waals surface area contributed by atoms with E-state index >= 15 is 0 Å². The van der Waals surface area contributed by atoms with Crippen LogP contribution in [-0.4, -0.2) is 53.3 Å². The molecule has 2 aromatic carbocycles. The minimum atomic E-state index is 0.713. The third-order valence-electron chi connectivity index (χ3n) is 5.15. The number of allylic oxidation sites excluding steroid dienone is 1. The summed E-state index contributed by atoms with van der Waals surface area (Å²) < 4.78 is 0. The molecule has 0 fully saturated rings. The summed E-state index contributed by atoms with van der Waals surface area (Å²) in [5.41, 5.74) is 11.4. The smallest absolute Gasteiger partial charge is 0.141 e. The van der Waals surface area contributed by atoms with Crippen molar-refractivity contribution in [1.82, 2.24) is 19.9 Å². The first-order valence-electron chi connectivity index (χ1n) is 10.7. The average Bonchev–Trinajstić information content (AvgIpc) is 2.84. The number of hydrogen-bond acceptors (Lipinski definition) is 7. The summed E-state index contributed by atoms with van der Waals surface area (Å²) in [5.74, 6) is 0.731. The van der Waals surface area contributed by atoms with Gasteiger partial charge in [0.25, 0.3) is 0 Å². The van der Waals surface area contributed by atoms with Gasteiger partial charge >= 0.3 is 0 Å². The van der Waals surface area contributed by atoms with Crippen molar-refractivity contribution in [2.24, 2.45) is 10.7 Å². The van der Waals surface area contributed by atoms with Crippen molar-refractivity contribution in [1.29, 1.82) is 0 Å². The van der Waals surface area contributed by atoms with Crippen LogP contribution < -0.4 is 11.1 Å². The molecule has 0 spiro atoms. The monoisotopic (exact) mass is 437 g/mol. The fraction of sp³-hybridized carbons (Fsp3) is 0.154. The summed E-state index contributed by atoms with van der Waals surface area (Å²) in [4.78, 5) is 20.0. The molecule has 0 aliphatic carbocycles. The summed E-state index contributed by atoms with van der Waals surface area (Å²) in [6.45, 7) is 1.60. The van der Waals surface area contributed by atoms with E-state index in [1.165, 1.54) is 0 Å². The summed E-state index contributed by atoms with van der Waals surface area (Å²) in [6, 6.07) is 20.0. The van der Waals surface area contributed by atoms with Crippen LogP contribution in [0.1, 0.15) is 5.56 Å². The molecule has 7 nitrogen and oxygen atoms in total. The van der Waals surface area contributed by atoms with E-state index in [0.717, 1.165) is 51.3 Å². The van der Waals surface area contributed by atoms with E-state index in [1.807, 2.05) is 81.0 Å². The Morgan fingerprint density at radius 3 is 2.67 bits per heavy atom. The second-order valence-corrected chi connectivity index (χ2v) is 7.84. The predicted octanol–water partition coefficient (Wildman–Crippen LogP) is 4.37. The molecule has 0 atom stereocenters. The van der Waals surface area contributed by atoms with Crippen LogP contribution in [0.25, 0.3) is 27.7 Å². The van der Waals surface area contributed by atoms with Gasteiger partial charge in [-0.1, -0.05) is 36.4 Å². The van der Waals surface area contributed by atoms with Gasteiger partial charge in [0.2, 0.25) is 0 Å². The second-order valence-electron chi connectivity index (χ2n) is 7.84. The Morgan fingerprint density at radius 2 is 1.88 bits per heavy atom. The van der Waals surface area contributed by atoms with E-state index in [4.69, 9.17) is 5.73 Å². The number of rotatable bonds is 8. The molecule has 0 aliphatic heterocycles. The largest absolute Gasteiger partial charge is 0.404 e. The zero-order valence-electron chi connectivity index (χ0n) is 18.8. The third kappa shape index (κ3) is 5.58. The quantitative estimate of drug-likeness (QED) is 0.398. The van der Waals surface area contributed by atoms with E-state index < -0.39 is 0 Å². The van der Waals surface area contributed by atoms with Gasteiger partial charge < -0.3 is 16.0 Å². The number of pyridine rings is 1. The highest BCUT2D eigenvalue weighted by molar-refractivity contribution is 6.10. The van der Waals surface area contributed by atoms with E-state index in [0.29, 0.717) is 6.54 Å². The first kappa shape index (κ1) is 22.1. The minimum Gasteiger partial charge on any atom is -0.404 e. The highest BCUT2D eigenvalue weighted by atomic mass is 15.1. The summed E-state index contributed by atoms with van der Waals surface area (Å²) in [6.07, 6.45) is 6.74. The van der Waals surface area contributed by atoms with Crippen LogP contribution >= 0.6 is 0 Å². The highest BCUT2D eigenvalue weighted by Gasteiger charge is 2.08. The molecule has 4 rings (SSSR count). The van der Waals surface area contributed by atoms with E-state index in [1.54, 1.807) is 18.7 Å². The summed E-state index contributed by atoms with van der Waals surface area (Å²) in [7, 11) is 4.05. The molecule has 33 heavy (non-hydrogen) atoms. The fourth-order valence-electron chi connectivity index (χ4n) is 3.38. The summed E-state index contributed by atoms with van der Waals surface area (Å²) in [5, 5.41) is 4.33. The molecule has 0 radical (unpaired) electrons. The Labute approximate surface area is 193 Å². The van der Waals surface area contributed by atoms with Crippen molar-refractivity contribution in [3.05, 3.63) is 85.0 Å². The standard InChI is InChI=1S/C26H27N7/c1-33(2)13-12-28-17-21(16-27)20-8-9-23-25(14-20)30-18-31-26(23)32-22-10-11-29-24(15-22)19-6-4-3-5-7-19/h3-11,14-18H,12-13,27H2,1-2H3,(H,29,30,31,32). The van der Waals surface area contributed by atoms with Crippen LogP contribution in [0.15, 0.2) is 84.4 Å². The topological polar surface area (TPSA) is 92.3 Å². The number of benzene rings is 2. The van der Waals surface area contributed by atoms with Crippen LogP contribution in [0.3, 0.4) is 0 Å². The average molecular weight is 438 g/mol. The van der Waals surface area contributed by atoms with Crippen LogP contribution in [0.2, 0.25) is 0 Å². The van der Waals surface area contributed by atoms with Crippen molar-refractivity contribution >= 4 is 34.2 Å². The lowest BCUT2D eigenvalue weighted by molar-refractivity contribution is 0.421. The van der Waals surface area contributed by atoms with Crippen molar-refractivity contribution in [2.45, 2.75) is 0 Å². The minimum absolute atomic E-state index is 0.713. The number of fused-ring (bicyclic) bond motifs is 1. The fourth-order valence-corrected chi connectivity index (χ4v) is 3.38. The van der Waals surface area contributed by atoms with Gasteiger partial charge in [-0.15, -0.1) is 0 Å². The Bertz CT molecular complexity index is 1280. The Balaban J connectivity index is 1.58. The van der Waals surface area contributed by atoms with Gasteiger partial charge in [-0.25, -0.2) is 9.97 Å². The predicted molar refractivity (Wildman–Crippen MR) is 137 cm³/mol. The third-order valence-corrected chi connectivity index (χ3v) is 5.15. The van der Waals surface area contributed by atoms with Gasteiger partial charge in [0.1, 0.15) is 12.1 Å². The van der Waals surface area contributed by atoms with E-state index in [9.17, 15) is 0 Å². The van der Waals surface area contributed by atoms with Gasteiger partial charge in [-0.3, -0.25) is 9.98 Å². The number of nitrogens with two attached hydrogens (primary N) is 1. The molecular weight excluding hydrogens is 410 g/mol. The number of aliphatic imine (C=N–C) groups is 1. The summed E-state index contributed by atoms with van der Waals surface area (Å²) >= 11 is 0. The lowest BCUT2D eigenvalue weighted by Gasteiger charge is -2.11. The zero-order chi connectivity index (χ0) is 23.0. The Kier molecular flexibility index (Phi) is 7.02. The maximum Gasteiger partial charge on any atom is 0.141 e.